The molecule has 0 aromatic heterocycles. The molecule has 0 fully saturated rings. The van der Waals surface area contributed by atoms with Gasteiger partial charge in [-0.3, -0.25) is 4.72 Å². The van der Waals surface area contributed by atoms with Gasteiger partial charge in [-0.15, -0.1) is 0 Å². The highest BCUT2D eigenvalue weighted by atomic mass is 32.2. The lowest BCUT2D eigenvalue weighted by Gasteiger charge is -2.09. The Morgan fingerprint density at radius 3 is 2.53 bits per heavy atom. The Balaban J connectivity index is 2.39. The van der Waals surface area contributed by atoms with Crippen molar-refractivity contribution in [2.24, 2.45) is 0 Å². The Bertz CT molecular complexity index is 748. The van der Waals surface area contributed by atoms with Crippen LogP contribution >= 0.6 is 0 Å². The third kappa shape index (κ3) is 2.84. The van der Waals surface area contributed by atoms with E-state index in [1.807, 2.05) is 6.07 Å². The van der Waals surface area contributed by atoms with E-state index in [-0.39, 0.29) is 21.9 Å². The third-order valence-corrected chi connectivity index (χ3v) is 3.78. The van der Waals surface area contributed by atoms with Crippen LogP contribution < -0.4 is 4.72 Å². The van der Waals surface area contributed by atoms with Crippen LogP contribution in [0.15, 0.2) is 53.4 Å². The topological polar surface area (TPSA) is 90.2 Å². The van der Waals surface area contributed by atoms with Gasteiger partial charge in [-0.2, -0.15) is 5.26 Å². The predicted molar refractivity (Wildman–Crippen MR) is 70.1 cm³/mol. The lowest BCUT2D eigenvalue weighted by molar-refractivity contribution is 0.477. The molecule has 2 aromatic rings. The van der Waals surface area contributed by atoms with Crippen LogP contribution in [0.5, 0.6) is 5.75 Å². The number of benzene rings is 2. The summed E-state index contributed by atoms with van der Waals surface area (Å²) in [6.45, 7) is 0. The van der Waals surface area contributed by atoms with Crippen LogP contribution in [0, 0.1) is 11.3 Å². The van der Waals surface area contributed by atoms with E-state index in [2.05, 4.69) is 4.72 Å². The molecule has 0 saturated carbocycles. The number of sulfonamides is 1. The van der Waals surface area contributed by atoms with E-state index in [0.717, 1.165) is 0 Å². The van der Waals surface area contributed by atoms with Gasteiger partial charge < -0.3 is 5.11 Å². The van der Waals surface area contributed by atoms with Crippen LogP contribution in [0.4, 0.5) is 5.69 Å². The van der Waals surface area contributed by atoms with Crippen molar-refractivity contribution in [3.8, 4) is 11.8 Å². The van der Waals surface area contributed by atoms with Crippen LogP contribution in [0.2, 0.25) is 0 Å². The number of phenolic OH excluding ortho intramolecular Hbond substituents is 1. The number of para-hydroxylation sites is 2. The molecule has 96 valence electrons. The predicted octanol–water partition coefficient (Wildman–Crippen LogP) is 2.06. The van der Waals surface area contributed by atoms with Gasteiger partial charge in [-0.05, 0) is 30.3 Å². The summed E-state index contributed by atoms with van der Waals surface area (Å²) in [5, 5.41) is 18.3. The van der Waals surface area contributed by atoms with Crippen molar-refractivity contribution >= 4 is 15.7 Å². The second-order valence-corrected chi connectivity index (χ2v) is 5.44. The minimum absolute atomic E-state index is 0.0326. The van der Waals surface area contributed by atoms with Gasteiger partial charge in [0.25, 0.3) is 10.0 Å². The molecule has 2 aromatic carbocycles. The van der Waals surface area contributed by atoms with Crippen molar-refractivity contribution in [2.45, 2.75) is 4.90 Å². The fourth-order valence-corrected chi connectivity index (χ4v) is 2.62. The van der Waals surface area contributed by atoms with Crippen molar-refractivity contribution in [3.63, 3.8) is 0 Å². The zero-order valence-electron chi connectivity index (χ0n) is 9.74. The number of aromatic hydroxyl groups is 1. The number of phenols is 1. The number of rotatable bonds is 3. The molecule has 0 amide bonds. The number of hydrogen-bond acceptors (Lipinski definition) is 4. The van der Waals surface area contributed by atoms with E-state index in [1.165, 1.54) is 36.4 Å². The van der Waals surface area contributed by atoms with Gasteiger partial charge in [0, 0.05) is 0 Å². The normalized spacial score (nSPS) is 10.7. The Morgan fingerprint density at radius 1 is 1.11 bits per heavy atom. The summed E-state index contributed by atoms with van der Waals surface area (Å²) in [7, 11) is -3.83. The summed E-state index contributed by atoms with van der Waals surface area (Å²) in [5.74, 6) is -0.164. The first-order chi connectivity index (χ1) is 9.03. The number of nitrogens with zero attached hydrogens (tertiary/aromatic N) is 1. The Hall–Kier alpha value is -2.52. The van der Waals surface area contributed by atoms with Crippen molar-refractivity contribution in [3.05, 3.63) is 54.1 Å². The molecule has 0 atom stereocenters. The highest BCUT2D eigenvalue weighted by Gasteiger charge is 2.16. The minimum atomic E-state index is -3.83. The monoisotopic (exact) mass is 274 g/mol. The quantitative estimate of drug-likeness (QED) is 0.838. The fraction of sp³-hybridized carbons (Fsp3) is 0. The van der Waals surface area contributed by atoms with Crippen molar-refractivity contribution in [2.75, 3.05) is 4.72 Å². The molecule has 0 saturated heterocycles. The molecule has 19 heavy (non-hydrogen) atoms. The van der Waals surface area contributed by atoms with Crippen LogP contribution in [0.1, 0.15) is 5.56 Å². The molecular weight excluding hydrogens is 264 g/mol. The van der Waals surface area contributed by atoms with Crippen LogP contribution in [0.3, 0.4) is 0 Å². The average molecular weight is 274 g/mol. The van der Waals surface area contributed by atoms with Crippen LogP contribution in [-0.4, -0.2) is 13.5 Å². The lowest BCUT2D eigenvalue weighted by atomic mass is 10.2. The molecular formula is C13H10N2O3S. The Morgan fingerprint density at radius 2 is 1.84 bits per heavy atom. The maximum atomic E-state index is 12.1. The zero-order valence-corrected chi connectivity index (χ0v) is 10.6. The first-order valence-electron chi connectivity index (χ1n) is 5.34. The molecule has 0 aliphatic carbocycles. The highest BCUT2D eigenvalue weighted by Crippen LogP contribution is 2.25. The van der Waals surface area contributed by atoms with Crippen LogP contribution in [0.25, 0.3) is 0 Å². The third-order valence-electron chi connectivity index (χ3n) is 2.42. The molecule has 2 N–H and O–H groups in total. The van der Waals surface area contributed by atoms with E-state index in [9.17, 15) is 13.5 Å². The summed E-state index contributed by atoms with van der Waals surface area (Å²) >= 11 is 0. The maximum absolute atomic E-state index is 12.1. The van der Waals surface area contributed by atoms with Gasteiger partial charge in [0.2, 0.25) is 0 Å². The van der Waals surface area contributed by atoms with Gasteiger partial charge in [-0.1, -0.05) is 18.2 Å². The molecule has 0 radical (unpaired) electrons. The molecule has 0 unspecified atom stereocenters. The summed E-state index contributed by atoms with van der Waals surface area (Å²) in [6, 6.07) is 13.5. The molecule has 0 aliphatic rings. The molecule has 0 bridgehead atoms. The number of anilines is 1. The van der Waals surface area contributed by atoms with Gasteiger partial charge in [-0.25, -0.2) is 8.42 Å². The average Bonchev–Trinajstić information content (AvgIpc) is 2.41. The zero-order chi connectivity index (χ0) is 13.9. The largest absolute Gasteiger partial charge is 0.506 e. The molecule has 6 heteroatoms. The first kappa shape index (κ1) is 12.9. The van der Waals surface area contributed by atoms with E-state index >= 15 is 0 Å². The molecule has 0 aliphatic heterocycles. The van der Waals surface area contributed by atoms with Crippen molar-refractivity contribution < 1.29 is 13.5 Å². The van der Waals surface area contributed by atoms with Crippen molar-refractivity contribution in [1.82, 2.24) is 0 Å². The van der Waals surface area contributed by atoms with E-state index < -0.39 is 10.0 Å². The van der Waals surface area contributed by atoms with Gasteiger partial charge in [0.1, 0.15) is 5.75 Å². The molecule has 0 heterocycles. The lowest BCUT2D eigenvalue weighted by Crippen LogP contribution is -2.13. The second kappa shape index (κ2) is 5.00. The smallest absolute Gasteiger partial charge is 0.262 e. The second-order valence-electron chi connectivity index (χ2n) is 3.76. The molecule has 0 spiro atoms. The fourth-order valence-electron chi connectivity index (χ4n) is 1.50. The SMILES string of the molecule is N#Cc1cccc(S(=O)(=O)Nc2ccccc2O)c1. The minimum Gasteiger partial charge on any atom is -0.506 e. The first-order valence-corrected chi connectivity index (χ1v) is 6.82. The Kier molecular flexibility index (Phi) is 3.40. The maximum Gasteiger partial charge on any atom is 0.262 e. The highest BCUT2D eigenvalue weighted by molar-refractivity contribution is 7.92. The van der Waals surface area contributed by atoms with E-state index in [4.69, 9.17) is 5.26 Å². The Labute approximate surface area is 110 Å². The number of nitriles is 1. The van der Waals surface area contributed by atoms with Gasteiger partial charge in [0.05, 0.1) is 22.2 Å². The summed E-state index contributed by atoms with van der Waals surface area (Å²) in [6.07, 6.45) is 0. The van der Waals surface area contributed by atoms with Gasteiger partial charge in [0.15, 0.2) is 0 Å². The standard InChI is InChI=1S/C13H10N2O3S/c14-9-10-4-3-5-11(8-10)19(17,18)15-12-6-1-2-7-13(12)16/h1-8,15-16H. The van der Waals surface area contributed by atoms with Gasteiger partial charge >= 0.3 is 0 Å². The number of nitrogens with one attached hydrogen (secondary N) is 1. The molecule has 2 rings (SSSR count). The summed E-state index contributed by atoms with van der Waals surface area (Å²) in [4.78, 5) is -0.0326. The van der Waals surface area contributed by atoms with Crippen LogP contribution in [-0.2, 0) is 10.0 Å². The van der Waals surface area contributed by atoms with Crippen molar-refractivity contribution in [1.29, 1.82) is 5.26 Å². The molecule has 5 nitrogen and oxygen atoms in total. The van der Waals surface area contributed by atoms with E-state index in [1.54, 1.807) is 12.1 Å². The summed E-state index contributed by atoms with van der Waals surface area (Å²) in [5.41, 5.74) is 0.338. The van der Waals surface area contributed by atoms with E-state index in [0.29, 0.717) is 0 Å². The summed E-state index contributed by atoms with van der Waals surface area (Å²) < 4.78 is 26.4. The number of hydrogen-bond donors (Lipinski definition) is 2.